The number of nitrogens with zero attached hydrogens (tertiary/aromatic N) is 3. The Kier molecular flexibility index (Phi) is 7.25. The first-order valence-electron chi connectivity index (χ1n) is 8.08. The predicted molar refractivity (Wildman–Crippen MR) is 102 cm³/mol. The van der Waals surface area contributed by atoms with E-state index < -0.39 is 5.97 Å². The Morgan fingerprint density at radius 3 is 2.63 bits per heavy atom. The summed E-state index contributed by atoms with van der Waals surface area (Å²) in [5.74, 6) is 0.618. The first kappa shape index (κ1) is 20.3. The third kappa shape index (κ3) is 5.01. The van der Waals surface area contributed by atoms with Gasteiger partial charge in [-0.2, -0.15) is 5.26 Å². The van der Waals surface area contributed by atoms with Crippen LogP contribution in [0.5, 0.6) is 11.5 Å². The van der Waals surface area contributed by atoms with Gasteiger partial charge in [0.15, 0.2) is 16.7 Å². The monoisotopic (exact) mass is 388 g/mol. The Bertz CT molecular complexity index is 867. The fourth-order valence-corrected chi connectivity index (χ4v) is 2.77. The van der Waals surface area contributed by atoms with Gasteiger partial charge in [0, 0.05) is 18.5 Å². The van der Waals surface area contributed by atoms with E-state index in [1.165, 1.54) is 18.9 Å². The standard InChI is InChI=1S/C18H20N4O4S/c1-25-13-7-6-11(9-14(13)26-2)16-12(10-19)17(22-18(21-16)27-3)20-8-4-5-15(23)24/h6-7,9H,4-5,8H2,1-3H3,(H,23,24)(H,20,21,22). The summed E-state index contributed by atoms with van der Waals surface area (Å²) in [6, 6.07) is 7.44. The summed E-state index contributed by atoms with van der Waals surface area (Å²) in [4.78, 5) is 19.5. The van der Waals surface area contributed by atoms with E-state index in [1.54, 1.807) is 25.3 Å². The molecular formula is C18H20N4O4S. The lowest BCUT2D eigenvalue weighted by Gasteiger charge is -2.13. The predicted octanol–water partition coefficient (Wildman–Crippen LogP) is 3.03. The number of hydrogen-bond acceptors (Lipinski definition) is 8. The van der Waals surface area contributed by atoms with E-state index in [-0.39, 0.29) is 12.0 Å². The first-order chi connectivity index (χ1) is 13.0. The summed E-state index contributed by atoms with van der Waals surface area (Å²) in [6.07, 6.45) is 2.30. The fourth-order valence-electron chi connectivity index (χ4n) is 2.40. The number of nitriles is 1. The van der Waals surface area contributed by atoms with Crippen molar-refractivity contribution in [3.63, 3.8) is 0 Å². The highest BCUT2D eigenvalue weighted by molar-refractivity contribution is 7.98. The molecule has 0 unspecified atom stereocenters. The van der Waals surface area contributed by atoms with Crippen molar-refractivity contribution >= 4 is 23.5 Å². The van der Waals surface area contributed by atoms with Crippen molar-refractivity contribution in [3.05, 3.63) is 23.8 Å². The van der Waals surface area contributed by atoms with Crippen molar-refractivity contribution in [3.8, 4) is 28.8 Å². The van der Waals surface area contributed by atoms with Gasteiger partial charge in [0.2, 0.25) is 0 Å². The molecular weight excluding hydrogens is 368 g/mol. The maximum absolute atomic E-state index is 10.7. The minimum atomic E-state index is -0.865. The molecule has 0 aliphatic heterocycles. The lowest BCUT2D eigenvalue weighted by Crippen LogP contribution is -2.10. The smallest absolute Gasteiger partial charge is 0.303 e. The Balaban J connectivity index is 2.45. The average molecular weight is 388 g/mol. The Morgan fingerprint density at radius 2 is 2.04 bits per heavy atom. The third-order valence-corrected chi connectivity index (χ3v) is 4.25. The average Bonchev–Trinajstić information content (AvgIpc) is 2.69. The van der Waals surface area contributed by atoms with Crippen LogP contribution in [0.3, 0.4) is 0 Å². The Hall–Kier alpha value is -2.99. The number of aliphatic carboxylic acids is 1. The molecule has 1 aromatic carbocycles. The zero-order valence-corrected chi connectivity index (χ0v) is 16.1. The lowest BCUT2D eigenvalue weighted by atomic mass is 10.1. The quantitative estimate of drug-likeness (QED) is 0.379. The van der Waals surface area contributed by atoms with Crippen molar-refractivity contribution in [2.45, 2.75) is 18.0 Å². The van der Waals surface area contributed by atoms with Crippen LogP contribution in [0.2, 0.25) is 0 Å². The topological polar surface area (TPSA) is 117 Å². The van der Waals surface area contributed by atoms with Crippen molar-refractivity contribution in [1.29, 1.82) is 5.26 Å². The molecule has 2 aromatic rings. The van der Waals surface area contributed by atoms with Crippen molar-refractivity contribution in [2.24, 2.45) is 0 Å². The molecule has 0 saturated carbocycles. The van der Waals surface area contributed by atoms with E-state index in [2.05, 4.69) is 21.4 Å². The van der Waals surface area contributed by atoms with Gasteiger partial charge in [-0.1, -0.05) is 11.8 Å². The molecule has 0 aliphatic rings. The zero-order chi connectivity index (χ0) is 19.8. The molecule has 1 heterocycles. The van der Waals surface area contributed by atoms with E-state index in [4.69, 9.17) is 14.6 Å². The van der Waals surface area contributed by atoms with Gasteiger partial charge in [-0.25, -0.2) is 9.97 Å². The second-order valence-corrected chi connectivity index (χ2v) is 6.16. The van der Waals surface area contributed by atoms with Gasteiger partial charge >= 0.3 is 5.97 Å². The SMILES string of the molecule is COc1ccc(-c2nc(SC)nc(NCCCC(=O)O)c2C#N)cc1OC. The number of aromatic nitrogens is 2. The minimum Gasteiger partial charge on any atom is -0.493 e. The molecule has 8 nitrogen and oxygen atoms in total. The van der Waals surface area contributed by atoms with Crippen LogP contribution in [-0.2, 0) is 4.79 Å². The molecule has 142 valence electrons. The molecule has 0 saturated heterocycles. The Morgan fingerprint density at radius 1 is 1.30 bits per heavy atom. The number of nitrogens with one attached hydrogen (secondary N) is 1. The number of anilines is 1. The number of ether oxygens (including phenoxy) is 2. The second kappa shape index (κ2) is 9.64. The number of methoxy groups -OCH3 is 2. The van der Waals surface area contributed by atoms with E-state index in [9.17, 15) is 10.1 Å². The summed E-state index contributed by atoms with van der Waals surface area (Å²) >= 11 is 1.35. The van der Waals surface area contributed by atoms with Crippen molar-refractivity contribution in [1.82, 2.24) is 9.97 Å². The molecule has 0 fully saturated rings. The van der Waals surface area contributed by atoms with Gasteiger partial charge in [-0.15, -0.1) is 0 Å². The molecule has 0 bridgehead atoms. The van der Waals surface area contributed by atoms with Crippen LogP contribution in [0, 0.1) is 11.3 Å². The summed E-state index contributed by atoms with van der Waals surface area (Å²) in [7, 11) is 3.09. The number of carboxylic acid groups (broad SMARTS) is 1. The van der Waals surface area contributed by atoms with Crippen LogP contribution in [0.1, 0.15) is 18.4 Å². The highest BCUT2D eigenvalue weighted by Gasteiger charge is 2.17. The minimum absolute atomic E-state index is 0.0396. The molecule has 0 atom stereocenters. The highest BCUT2D eigenvalue weighted by atomic mass is 32.2. The molecule has 0 radical (unpaired) electrons. The molecule has 1 aromatic heterocycles. The number of carboxylic acids is 1. The molecule has 2 rings (SSSR count). The second-order valence-electron chi connectivity index (χ2n) is 5.39. The Labute approximate surface area is 161 Å². The normalized spacial score (nSPS) is 10.1. The van der Waals surface area contributed by atoms with Crippen LogP contribution < -0.4 is 14.8 Å². The molecule has 0 amide bonds. The number of carbonyl (C=O) groups is 1. The van der Waals surface area contributed by atoms with Crippen molar-refractivity contribution in [2.75, 3.05) is 32.3 Å². The summed E-state index contributed by atoms with van der Waals surface area (Å²) in [5.41, 5.74) is 1.45. The summed E-state index contributed by atoms with van der Waals surface area (Å²) in [6.45, 7) is 0.386. The number of benzene rings is 1. The largest absolute Gasteiger partial charge is 0.493 e. The first-order valence-corrected chi connectivity index (χ1v) is 9.30. The van der Waals surface area contributed by atoms with Gasteiger partial charge < -0.3 is 19.9 Å². The van der Waals surface area contributed by atoms with Crippen molar-refractivity contribution < 1.29 is 19.4 Å². The van der Waals surface area contributed by atoms with Crippen LogP contribution in [0.25, 0.3) is 11.3 Å². The van der Waals surface area contributed by atoms with E-state index in [0.29, 0.717) is 46.7 Å². The van der Waals surface area contributed by atoms with Gasteiger partial charge in [0.05, 0.1) is 19.9 Å². The lowest BCUT2D eigenvalue weighted by molar-refractivity contribution is -0.137. The molecule has 2 N–H and O–H groups in total. The highest BCUT2D eigenvalue weighted by Crippen LogP contribution is 2.34. The fraction of sp³-hybridized carbons (Fsp3) is 0.333. The maximum Gasteiger partial charge on any atom is 0.303 e. The molecule has 0 aliphatic carbocycles. The van der Waals surface area contributed by atoms with E-state index >= 15 is 0 Å². The summed E-state index contributed by atoms with van der Waals surface area (Å²) in [5, 5.41) is 22.0. The van der Waals surface area contributed by atoms with Crippen LogP contribution in [0.15, 0.2) is 23.4 Å². The maximum atomic E-state index is 10.7. The van der Waals surface area contributed by atoms with Gasteiger partial charge in [0.25, 0.3) is 0 Å². The van der Waals surface area contributed by atoms with Gasteiger partial charge in [0.1, 0.15) is 17.5 Å². The van der Waals surface area contributed by atoms with Crippen LogP contribution in [0.4, 0.5) is 5.82 Å². The van der Waals surface area contributed by atoms with Crippen LogP contribution >= 0.6 is 11.8 Å². The van der Waals surface area contributed by atoms with Gasteiger partial charge in [-0.3, -0.25) is 4.79 Å². The third-order valence-electron chi connectivity index (χ3n) is 3.70. The molecule has 27 heavy (non-hydrogen) atoms. The molecule has 9 heteroatoms. The zero-order valence-electron chi connectivity index (χ0n) is 15.3. The van der Waals surface area contributed by atoms with Crippen LogP contribution in [-0.4, -0.2) is 48.1 Å². The van der Waals surface area contributed by atoms with E-state index in [0.717, 1.165) is 0 Å². The molecule has 0 spiro atoms. The van der Waals surface area contributed by atoms with Gasteiger partial charge in [-0.05, 0) is 30.9 Å². The number of hydrogen-bond donors (Lipinski definition) is 2. The summed E-state index contributed by atoms with van der Waals surface area (Å²) < 4.78 is 10.6. The number of thioether (sulfide) groups is 1. The van der Waals surface area contributed by atoms with E-state index in [1.807, 2.05) is 6.26 Å². The number of rotatable bonds is 9.